The molecular formula is C15H11NO. The highest BCUT2D eigenvalue weighted by molar-refractivity contribution is 6.09. The highest BCUT2D eigenvalue weighted by Gasteiger charge is 2.10. The predicted octanol–water partition coefficient (Wildman–Crippen LogP) is 3.10. The number of hydrogen-bond donors (Lipinski definition) is 0. The van der Waals surface area contributed by atoms with E-state index in [0.29, 0.717) is 16.7 Å². The maximum atomic E-state index is 12.2. The van der Waals surface area contributed by atoms with Crippen molar-refractivity contribution >= 4 is 5.78 Å². The SMILES string of the molecule is Cc1ccccc1C(=O)c1ccc(C#N)cc1. The zero-order valence-corrected chi connectivity index (χ0v) is 9.47. The molecule has 0 spiro atoms. The fourth-order valence-electron chi connectivity index (χ4n) is 1.68. The molecule has 2 rings (SSSR count). The van der Waals surface area contributed by atoms with Crippen LogP contribution in [0.25, 0.3) is 0 Å². The van der Waals surface area contributed by atoms with Crippen LogP contribution < -0.4 is 0 Å². The fraction of sp³-hybridized carbons (Fsp3) is 0.0667. The average Bonchev–Trinajstić information content (AvgIpc) is 2.39. The Bertz CT molecular complexity index is 591. The van der Waals surface area contributed by atoms with E-state index in [0.717, 1.165) is 5.56 Å². The Morgan fingerprint density at radius 1 is 1.06 bits per heavy atom. The minimum atomic E-state index is -0.00686. The maximum Gasteiger partial charge on any atom is 0.193 e. The number of nitrogens with zero attached hydrogens (tertiary/aromatic N) is 1. The van der Waals surface area contributed by atoms with Gasteiger partial charge in [0.25, 0.3) is 0 Å². The van der Waals surface area contributed by atoms with Crippen LogP contribution in [-0.4, -0.2) is 5.78 Å². The van der Waals surface area contributed by atoms with Crippen LogP contribution in [0.15, 0.2) is 48.5 Å². The number of carbonyl (C=O) groups is 1. The van der Waals surface area contributed by atoms with Crippen molar-refractivity contribution in [3.63, 3.8) is 0 Å². The molecule has 0 bridgehead atoms. The van der Waals surface area contributed by atoms with Crippen molar-refractivity contribution in [1.82, 2.24) is 0 Å². The summed E-state index contributed by atoms with van der Waals surface area (Å²) in [5, 5.41) is 8.69. The lowest BCUT2D eigenvalue weighted by Gasteiger charge is -2.04. The molecule has 17 heavy (non-hydrogen) atoms. The molecule has 2 aromatic carbocycles. The van der Waals surface area contributed by atoms with Gasteiger partial charge in [0.15, 0.2) is 5.78 Å². The lowest BCUT2D eigenvalue weighted by molar-refractivity contribution is 0.103. The van der Waals surface area contributed by atoms with Crippen molar-refractivity contribution < 1.29 is 4.79 Å². The Morgan fingerprint density at radius 2 is 1.71 bits per heavy atom. The van der Waals surface area contributed by atoms with Crippen LogP contribution in [0.5, 0.6) is 0 Å². The number of carbonyl (C=O) groups excluding carboxylic acids is 1. The van der Waals surface area contributed by atoms with Gasteiger partial charge in [-0.05, 0) is 36.8 Å². The second kappa shape index (κ2) is 4.63. The molecule has 0 unspecified atom stereocenters. The number of hydrogen-bond acceptors (Lipinski definition) is 2. The lowest BCUT2D eigenvalue weighted by Crippen LogP contribution is -2.03. The van der Waals surface area contributed by atoms with Gasteiger partial charge < -0.3 is 0 Å². The summed E-state index contributed by atoms with van der Waals surface area (Å²) in [4.78, 5) is 12.2. The van der Waals surface area contributed by atoms with E-state index in [9.17, 15) is 4.79 Å². The molecule has 2 heteroatoms. The number of aryl methyl sites for hydroxylation is 1. The minimum Gasteiger partial charge on any atom is -0.289 e. The third kappa shape index (κ3) is 2.24. The number of ketones is 1. The lowest BCUT2D eigenvalue weighted by atomic mass is 9.99. The molecule has 0 saturated heterocycles. The summed E-state index contributed by atoms with van der Waals surface area (Å²) in [5.74, 6) is -0.00686. The largest absolute Gasteiger partial charge is 0.289 e. The van der Waals surface area contributed by atoms with E-state index in [-0.39, 0.29) is 5.78 Å². The smallest absolute Gasteiger partial charge is 0.193 e. The number of nitriles is 1. The second-order valence-corrected chi connectivity index (χ2v) is 3.83. The van der Waals surface area contributed by atoms with Gasteiger partial charge in [-0.25, -0.2) is 0 Å². The minimum absolute atomic E-state index is 0.00686. The summed E-state index contributed by atoms with van der Waals surface area (Å²) in [6, 6.07) is 16.2. The number of rotatable bonds is 2. The summed E-state index contributed by atoms with van der Waals surface area (Å²) in [6.07, 6.45) is 0. The number of benzene rings is 2. The molecule has 0 amide bonds. The summed E-state index contributed by atoms with van der Waals surface area (Å²) < 4.78 is 0. The highest BCUT2D eigenvalue weighted by Crippen LogP contribution is 2.14. The van der Waals surface area contributed by atoms with E-state index in [1.54, 1.807) is 24.3 Å². The van der Waals surface area contributed by atoms with Gasteiger partial charge in [0.05, 0.1) is 11.6 Å². The Balaban J connectivity index is 2.38. The molecule has 0 aromatic heterocycles. The van der Waals surface area contributed by atoms with Gasteiger partial charge in [-0.1, -0.05) is 24.3 Å². The molecule has 0 aliphatic carbocycles. The molecular weight excluding hydrogens is 210 g/mol. The average molecular weight is 221 g/mol. The summed E-state index contributed by atoms with van der Waals surface area (Å²) in [7, 11) is 0. The van der Waals surface area contributed by atoms with E-state index < -0.39 is 0 Å². The molecule has 0 heterocycles. The summed E-state index contributed by atoms with van der Waals surface area (Å²) in [6.45, 7) is 1.91. The molecule has 82 valence electrons. The fourth-order valence-corrected chi connectivity index (χ4v) is 1.68. The van der Waals surface area contributed by atoms with E-state index in [4.69, 9.17) is 5.26 Å². The summed E-state index contributed by atoms with van der Waals surface area (Å²) >= 11 is 0. The van der Waals surface area contributed by atoms with Crippen LogP contribution >= 0.6 is 0 Å². The summed E-state index contributed by atoms with van der Waals surface area (Å²) in [5.41, 5.74) is 2.84. The first-order valence-corrected chi connectivity index (χ1v) is 5.33. The van der Waals surface area contributed by atoms with Gasteiger partial charge in [-0.15, -0.1) is 0 Å². The van der Waals surface area contributed by atoms with Crippen molar-refractivity contribution in [2.75, 3.05) is 0 Å². The van der Waals surface area contributed by atoms with Crippen LogP contribution in [0.2, 0.25) is 0 Å². The molecule has 2 nitrogen and oxygen atoms in total. The third-order valence-electron chi connectivity index (χ3n) is 2.67. The molecule has 0 atom stereocenters. The van der Waals surface area contributed by atoms with E-state index in [1.165, 1.54) is 0 Å². The molecule has 0 N–H and O–H groups in total. The van der Waals surface area contributed by atoms with Crippen molar-refractivity contribution in [2.24, 2.45) is 0 Å². The van der Waals surface area contributed by atoms with E-state index in [2.05, 4.69) is 0 Å². The molecule has 0 aliphatic rings. The molecule has 0 fully saturated rings. The third-order valence-corrected chi connectivity index (χ3v) is 2.67. The van der Waals surface area contributed by atoms with Gasteiger partial charge in [0.1, 0.15) is 0 Å². The van der Waals surface area contributed by atoms with E-state index in [1.807, 2.05) is 37.3 Å². The Hall–Kier alpha value is -2.40. The van der Waals surface area contributed by atoms with Crippen LogP contribution in [0.4, 0.5) is 0 Å². The van der Waals surface area contributed by atoms with Crippen molar-refractivity contribution in [2.45, 2.75) is 6.92 Å². The van der Waals surface area contributed by atoms with Gasteiger partial charge in [-0.3, -0.25) is 4.79 Å². The first kappa shape index (κ1) is 11.1. The molecule has 0 radical (unpaired) electrons. The van der Waals surface area contributed by atoms with Gasteiger partial charge in [0.2, 0.25) is 0 Å². The zero-order valence-electron chi connectivity index (χ0n) is 9.47. The second-order valence-electron chi connectivity index (χ2n) is 3.83. The van der Waals surface area contributed by atoms with Crippen LogP contribution in [0.3, 0.4) is 0 Å². The van der Waals surface area contributed by atoms with Crippen LogP contribution in [0.1, 0.15) is 27.0 Å². The first-order valence-electron chi connectivity index (χ1n) is 5.33. The quantitative estimate of drug-likeness (QED) is 0.731. The van der Waals surface area contributed by atoms with E-state index >= 15 is 0 Å². The predicted molar refractivity (Wildman–Crippen MR) is 65.8 cm³/mol. The maximum absolute atomic E-state index is 12.2. The van der Waals surface area contributed by atoms with Crippen molar-refractivity contribution in [1.29, 1.82) is 5.26 Å². The highest BCUT2D eigenvalue weighted by atomic mass is 16.1. The zero-order chi connectivity index (χ0) is 12.3. The topological polar surface area (TPSA) is 40.9 Å². The van der Waals surface area contributed by atoms with Crippen molar-refractivity contribution in [3.8, 4) is 6.07 Å². The van der Waals surface area contributed by atoms with Gasteiger partial charge in [-0.2, -0.15) is 5.26 Å². The van der Waals surface area contributed by atoms with Crippen LogP contribution in [-0.2, 0) is 0 Å². The molecule has 2 aromatic rings. The molecule has 0 saturated carbocycles. The Labute approximate surface area is 100 Å². The van der Waals surface area contributed by atoms with Gasteiger partial charge >= 0.3 is 0 Å². The normalized spacial score (nSPS) is 9.65. The standard InChI is InChI=1S/C15H11NO/c1-11-4-2-3-5-14(11)15(17)13-8-6-12(10-16)7-9-13/h2-9H,1H3. The monoisotopic (exact) mass is 221 g/mol. The van der Waals surface area contributed by atoms with Crippen LogP contribution in [0, 0.1) is 18.3 Å². The molecule has 0 aliphatic heterocycles. The first-order chi connectivity index (χ1) is 8.22. The Kier molecular flexibility index (Phi) is 3.02. The van der Waals surface area contributed by atoms with Gasteiger partial charge in [0, 0.05) is 11.1 Å². The van der Waals surface area contributed by atoms with Crippen molar-refractivity contribution in [3.05, 3.63) is 70.8 Å². The Morgan fingerprint density at radius 3 is 2.29 bits per heavy atom.